The zero-order valence-electron chi connectivity index (χ0n) is 14.6. The largest absolute Gasteiger partial charge is 0.489 e. The van der Waals surface area contributed by atoms with Crippen molar-refractivity contribution in [3.63, 3.8) is 0 Å². The summed E-state index contributed by atoms with van der Waals surface area (Å²) in [5.41, 5.74) is 4.03. The Morgan fingerprint density at radius 1 is 1.08 bits per heavy atom. The number of carbonyl (C=O) groups excluding carboxylic acids is 1. The van der Waals surface area contributed by atoms with Gasteiger partial charge in [-0.15, -0.1) is 0 Å². The molecule has 126 valence electrons. The molecule has 0 unspecified atom stereocenters. The Bertz CT molecular complexity index is 697. The third kappa shape index (κ3) is 3.94. The lowest BCUT2D eigenvalue weighted by Gasteiger charge is -2.32. The van der Waals surface area contributed by atoms with Gasteiger partial charge in [-0.1, -0.05) is 17.2 Å². The summed E-state index contributed by atoms with van der Waals surface area (Å²) in [5.74, 6) is 0.928. The Hall–Kier alpha value is -2.36. The van der Waals surface area contributed by atoms with Crippen molar-refractivity contribution in [2.75, 3.05) is 13.1 Å². The number of aromatic nitrogens is 1. The Morgan fingerprint density at radius 2 is 1.75 bits per heavy atom. The SMILES string of the molecule is Cc1cc(C)cc(C(=O)N2CCC(Oc3ccc(C)nc3)CC2)c1. The second-order valence-electron chi connectivity index (χ2n) is 6.62. The molecule has 1 aliphatic heterocycles. The maximum Gasteiger partial charge on any atom is 0.253 e. The van der Waals surface area contributed by atoms with Crippen LogP contribution in [0.2, 0.25) is 0 Å². The molecular formula is C20H24N2O2. The van der Waals surface area contributed by atoms with Gasteiger partial charge in [0.15, 0.2) is 0 Å². The molecule has 1 fully saturated rings. The summed E-state index contributed by atoms with van der Waals surface area (Å²) in [6, 6.07) is 9.93. The number of likely N-dealkylation sites (tertiary alicyclic amines) is 1. The number of hydrogen-bond acceptors (Lipinski definition) is 3. The predicted molar refractivity (Wildman–Crippen MR) is 94.4 cm³/mol. The van der Waals surface area contributed by atoms with E-state index in [-0.39, 0.29) is 12.0 Å². The van der Waals surface area contributed by atoms with Crippen molar-refractivity contribution in [3.05, 3.63) is 58.9 Å². The van der Waals surface area contributed by atoms with Gasteiger partial charge in [-0.2, -0.15) is 0 Å². The number of amides is 1. The summed E-state index contributed by atoms with van der Waals surface area (Å²) >= 11 is 0. The first-order valence-electron chi connectivity index (χ1n) is 8.48. The molecule has 0 atom stereocenters. The van der Waals surface area contributed by atoms with Gasteiger partial charge in [-0.05, 0) is 45.0 Å². The van der Waals surface area contributed by atoms with E-state index >= 15 is 0 Å². The zero-order chi connectivity index (χ0) is 17.1. The number of pyridine rings is 1. The number of carbonyl (C=O) groups is 1. The molecule has 0 saturated carbocycles. The zero-order valence-corrected chi connectivity index (χ0v) is 14.6. The van der Waals surface area contributed by atoms with Crippen molar-refractivity contribution in [3.8, 4) is 5.75 Å². The Morgan fingerprint density at radius 3 is 2.33 bits per heavy atom. The lowest BCUT2D eigenvalue weighted by Crippen LogP contribution is -2.41. The molecule has 0 N–H and O–H groups in total. The summed E-state index contributed by atoms with van der Waals surface area (Å²) in [5, 5.41) is 0. The third-order valence-corrected chi connectivity index (χ3v) is 4.38. The molecule has 3 rings (SSSR count). The Kier molecular flexibility index (Phi) is 4.84. The first kappa shape index (κ1) is 16.5. The van der Waals surface area contributed by atoms with Crippen LogP contribution in [0.3, 0.4) is 0 Å². The van der Waals surface area contributed by atoms with E-state index in [1.54, 1.807) is 6.20 Å². The molecule has 4 heteroatoms. The number of ether oxygens (including phenoxy) is 1. The topological polar surface area (TPSA) is 42.4 Å². The molecule has 0 radical (unpaired) electrons. The van der Waals surface area contributed by atoms with Gasteiger partial charge in [0.25, 0.3) is 5.91 Å². The molecule has 1 aromatic carbocycles. The normalized spacial score (nSPS) is 15.4. The summed E-state index contributed by atoms with van der Waals surface area (Å²) in [6.07, 6.45) is 3.62. The van der Waals surface area contributed by atoms with E-state index in [1.807, 2.05) is 49.9 Å². The quantitative estimate of drug-likeness (QED) is 0.865. The molecular weight excluding hydrogens is 300 g/mol. The highest BCUT2D eigenvalue weighted by atomic mass is 16.5. The second-order valence-corrected chi connectivity index (χ2v) is 6.62. The van der Waals surface area contributed by atoms with E-state index in [2.05, 4.69) is 11.1 Å². The van der Waals surface area contributed by atoms with E-state index in [1.165, 1.54) is 0 Å². The molecule has 24 heavy (non-hydrogen) atoms. The molecule has 0 spiro atoms. The summed E-state index contributed by atoms with van der Waals surface area (Å²) in [7, 11) is 0. The molecule has 1 aliphatic rings. The molecule has 1 aromatic heterocycles. The average Bonchev–Trinajstić information content (AvgIpc) is 2.56. The van der Waals surface area contributed by atoms with Gasteiger partial charge in [0.05, 0.1) is 6.20 Å². The standard InChI is InChI=1S/C20H24N2O2/c1-14-10-15(2)12-17(11-14)20(23)22-8-6-18(7-9-22)24-19-5-4-16(3)21-13-19/h4-5,10-13,18H,6-9H2,1-3H3. The first-order chi connectivity index (χ1) is 11.5. The highest BCUT2D eigenvalue weighted by Gasteiger charge is 2.25. The lowest BCUT2D eigenvalue weighted by atomic mass is 10.0. The summed E-state index contributed by atoms with van der Waals surface area (Å²) < 4.78 is 5.98. The molecule has 0 aliphatic carbocycles. The number of benzene rings is 1. The van der Waals surface area contributed by atoms with Crippen LogP contribution in [0, 0.1) is 20.8 Å². The van der Waals surface area contributed by atoms with Gasteiger partial charge in [0, 0.05) is 37.2 Å². The van der Waals surface area contributed by atoms with Crippen LogP contribution in [0.1, 0.15) is 40.0 Å². The van der Waals surface area contributed by atoms with E-state index in [0.717, 1.165) is 54.1 Å². The van der Waals surface area contributed by atoms with Crippen LogP contribution in [0.25, 0.3) is 0 Å². The van der Waals surface area contributed by atoms with Crippen LogP contribution >= 0.6 is 0 Å². The Balaban J connectivity index is 1.58. The van der Waals surface area contributed by atoms with Gasteiger partial charge in [-0.25, -0.2) is 0 Å². The van der Waals surface area contributed by atoms with Crippen LogP contribution in [-0.4, -0.2) is 35.0 Å². The van der Waals surface area contributed by atoms with Gasteiger partial charge < -0.3 is 9.64 Å². The molecule has 2 heterocycles. The fourth-order valence-corrected chi connectivity index (χ4v) is 3.17. The predicted octanol–water partition coefficient (Wildman–Crippen LogP) is 3.69. The summed E-state index contributed by atoms with van der Waals surface area (Å²) in [6.45, 7) is 7.48. The van der Waals surface area contributed by atoms with Gasteiger partial charge >= 0.3 is 0 Å². The highest BCUT2D eigenvalue weighted by Crippen LogP contribution is 2.20. The minimum atomic E-state index is 0.122. The average molecular weight is 324 g/mol. The van der Waals surface area contributed by atoms with Crippen LogP contribution in [-0.2, 0) is 0 Å². The van der Waals surface area contributed by atoms with Crippen molar-refractivity contribution in [1.29, 1.82) is 0 Å². The number of aryl methyl sites for hydroxylation is 3. The number of hydrogen-bond donors (Lipinski definition) is 0. The van der Waals surface area contributed by atoms with Crippen molar-refractivity contribution in [2.24, 2.45) is 0 Å². The smallest absolute Gasteiger partial charge is 0.253 e. The molecule has 1 amide bonds. The molecule has 0 bridgehead atoms. The number of nitrogens with zero attached hydrogens (tertiary/aromatic N) is 2. The van der Waals surface area contributed by atoms with E-state index in [9.17, 15) is 4.79 Å². The molecule has 4 nitrogen and oxygen atoms in total. The van der Waals surface area contributed by atoms with Crippen molar-refractivity contribution in [2.45, 2.75) is 39.7 Å². The third-order valence-electron chi connectivity index (χ3n) is 4.38. The monoisotopic (exact) mass is 324 g/mol. The lowest BCUT2D eigenvalue weighted by molar-refractivity contribution is 0.0594. The minimum absolute atomic E-state index is 0.122. The fraction of sp³-hybridized carbons (Fsp3) is 0.400. The van der Waals surface area contributed by atoms with Crippen LogP contribution in [0.5, 0.6) is 5.75 Å². The maximum absolute atomic E-state index is 12.7. The van der Waals surface area contributed by atoms with Crippen molar-refractivity contribution in [1.82, 2.24) is 9.88 Å². The highest BCUT2D eigenvalue weighted by molar-refractivity contribution is 5.94. The van der Waals surface area contributed by atoms with Gasteiger partial charge in [-0.3, -0.25) is 9.78 Å². The fourth-order valence-electron chi connectivity index (χ4n) is 3.17. The van der Waals surface area contributed by atoms with Crippen LogP contribution in [0.15, 0.2) is 36.5 Å². The minimum Gasteiger partial charge on any atom is -0.489 e. The summed E-state index contributed by atoms with van der Waals surface area (Å²) in [4.78, 5) is 18.9. The van der Waals surface area contributed by atoms with Crippen LogP contribution in [0.4, 0.5) is 0 Å². The van der Waals surface area contributed by atoms with Crippen molar-refractivity contribution >= 4 is 5.91 Å². The number of piperidine rings is 1. The van der Waals surface area contributed by atoms with E-state index < -0.39 is 0 Å². The van der Waals surface area contributed by atoms with E-state index in [4.69, 9.17) is 4.74 Å². The number of rotatable bonds is 3. The Labute approximate surface area is 143 Å². The van der Waals surface area contributed by atoms with Crippen molar-refractivity contribution < 1.29 is 9.53 Å². The molecule has 1 saturated heterocycles. The van der Waals surface area contributed by atoms with E-state index in [0.29, 0.717) is 0 Å². The van der Waals surface area contributed by atoms with Gasteiger partial charge in [0.2, 0.25) is 0 Å². The maximum atomic E-state index is 12.7. The molecule has 2 aromatic rings. The first-order valence-corrected chi connectivity index (χ1v) is 8.48. The van der Waals surface area contributed by atoms with Gasteiger partial charge in [0.1, 0.15) is 11.9 Å². The van der Waals surface area contributed by atoms with Crippen LogP contribution < -0.4 is 4.74 Å². The second kappa shape index (κ2) is 7.04.